The molecule has 0 saturated carbocycles. The topological polar surface area (TPSA) is 111 Å². The van der Waals surface area contributed by atoms with Crippen molar-refractivity contribution in [3.8, 4) is 5.88 Å². The van der Waals surface area contributed by atoms with Gasteiger partial charge in [-0.15, -0.1) is 0 Å². The Morgan fingerprint density at radius 2 is 2.12 bits per heavy atom. The second-order valence-corrected chi connectivity index (χ2v) is 8.29. The Labute approximate surface area is 195 Å². The number of carbonyl (C=O) groups excluding carboxylic acids is 1. The van der Waals surface area contributed by atoms with E-state index in [4.69, 9.17) is 15.2 Å². The van der Waals surface area contributed by atoms with Crippen LogP contribution < -0.4 is 21.1 Å². The van der Waals surface area contributed by atoms with Crippen molar-refractivity contribution in [3.05, 3.63) is 61.5 Å². The first kappa shape index (κ1) is 28.0. The molecule has 1 aromatic heterocycles. The summed E-state index contributed by atoms with van der Waals surface area (Å²) >= 11 is 0. The van der Waals surface area contributed by atoms with E-state index >= 15 is 0 Å². The molecule has 1 rings (SSSR count). The summed E-state index contributed by atoms with van der Waals surface area (Å²) in [6.07, 6.45) is 6.92. The lowest BCUT2D eigenvalue weighted by Gasteiger charge is -2.34. The number of hydrogen-bond acceptors (Lipinski definition) is 6. The molecule has 0 aliphatic carbocycles. The fourth-order valence-electron chi connectivity index (χ4n) is 2.90. The van der Waals surface area contributed by atoms with Gasteiger partial charge in [-0.3, -0.25) is 4.79 Å². The minimum atomic E-state index is -1.27. The molecule has 1 heterocycles. The van der Waals surface area contributed by atoms with Gasteiger partial charge in [-0.25, -0.2) is 14.4 Å². The van der Waals surface area contributed by atoms with E-state index in [1.54, 1.807) is 26.1 Å². The van der Waals surface area contributed by atoms with Crippen LogP contribution in [-0.4, -0.2) is 41.6 Å². The van der Waals surface area contributed by atoms with Gasteiger partial charge in [0.1, 0.15) is 17.2 Å². The number of halogens is 1. The van der Waals surface area contributed by atoms with E-state index in [9.17, 15) is 9.18 Å². The highest BCUT2D eigenvalue weighted by atomic mass is 19.1. The van der Waals surface area contributed by atoms with Crippen LogP contribution in [-0.2, 0) is 9.53 Å². The number of carbonyl (C=O) groups is 1. The third kappa shape index (κ3) is 8.78. The maximum absolute atomic E-state index is 14.5. The van der Waals surface area contributed by atoms with Crippen molar-refractivity contribution in [3.63, 3.8) is 0 Å². The lowest BCUT2D eigenvalue weighted by molar-refractivity contribution is -0.126. The summed E-state index contributed by atoms with van der Waals surface area (Å²) in [5, 5.41) is 5.52. The summed E-state index contributed by atoms with van der Waals surface area (Å²) in [6.45, 7) is 14.2. The maximum atomic E-state index is 14.5. The molecule has 0 aliphatic heterocycles. The lowest BCUT2D eigenvalue weighted by Crippen LogP contribution is -2.53. The molecule has 0 bridgehead atoms. The first-order valence-corrected chi connectivity index (χ1v) is 10.6. The van der Waals surface area contributed by atoms with Crippen molar-refractivity contribution >= 4 is 11.7 Å². The SMILES string of the molecule is C=CNC(CCC(C)C(C)(Oc1cc(C)ccn1)C(=C)F)=N/C=C/NC(=O)C(C)(N)COC. The van der Waals surface area contributed by atoms with Gasteiger partial charge < -0.3 is 25.8 Å². The van der Waals surface area contributed by atoms with Gasteiger partial charge in [0.15, 0.2) is 5.60 Å². The Morgan fingerprint density at radius 3 is 2.70 bits per heavy atom. The predicted octanol–water partition coefficient (Wildman–Crippen LogP) is 3.51. The second-order valence-electron chi connectivity index (χ2n) is 8.29. The van der Waals surface area contributed by atoms with E-state index in [2.05, 4.69) is 33.8 Å². The second kappa shape index (κ2) is 12.9. The first-order chi connectivity index (χ1) is 15.5. The summed E-state index contributed by atoms with van der Waals surface area (Å²) in [5.74, 6) is -0.334. The molecule has 1 amide bonds. The number of nitrogens with zero attached hydrogens (tertiary/aromatic N) is 2. The first-order valence-electron chi connectivity index (χ1n) is 10.6. The number of ether oxygens (including phenoxy) is 2. The molecular formula is C24H36FN5O3. The molecule has 8 nitrogen and oxygen atoms in total. The molecule has 3 unspecified atom stereocenters. The zero-order valence-electron chi connectivity index (χ0n) is 20.2. The molecule has 0 fully saturated rings. The van der Waals surface area contributed by atoms with Crippen LogP contribution in [0.1, 0.15) is 39.2 Å². The van der Waals surface area contributed by atoms with Crippen LogP contribution in [0.3, 0.4) is 0 Å². The van der Waals surface area contributed by atoms with E-state index in [1.807, 2.05) is 19.9 Å². The molecule has 0 spiro atoms. The minimum absolute atomic E-state index is 0.0792. The van der Waals surface area contributed by atoms with Gasteiger partial charge in [-0.2, -0.15) is 0 Å². The van der Waals surface area contributed by atoms with Crippen LogP contribution in [0.4, 0.5) is 4.39 Å². The van der Waals surface area contributed by atoms with Gasteiger partial charge in [0, 0.05) is 44.1 Å². The molecule has 0 radical (unpaired) electrons. The number of methoxy groups -OCH3 is 1. The van der Waals surface area contributed by atoms with Gasteiger partial charge in [0.2, 0.25) is 11.8 Å². The van der Waals surface area contributed by atoms with Crippen molar-refractivity contribution in [2.75, 3.05) is 13.7 Å². The van der Waals surface area contributed by atoms with Crippen LogP contribution in [0.15, 0.2) is 60.9 Å². The molecule has 4 N–H and O–H groups in total. The zero-order valence-corrected chi connectivity index (χ0v) is 20.2. The van der Waals surface area contributed by atoms with Crippen molar-refractivity contribution in [1.82, 2.24) is 15.6 Å². The number of amides is 1. The van der Waals surface area contributed by atoms with Crippen molar-refractivity contribution < 1.29 is 18.7 Å². The van der Waals surface area contributed by atoms with Gasteiger partial charge in [-0.05, 0) is 45.0 Å². The van der Waals surface area contributed by atoms with Crippen LogP contribution in [0.2, 0.25) is 0 Å². The van der Waals surface area contributed by atoms with Crippen molar-refractivity contribution in [2.24, 2.45) is 16.6 Å². The average molecular weight is 462 g/mol. The Bertz CT molecular complexity index is 885. The van der Waals surface area contributed by atoms with E-state index < -0.39 is 22.9 Å². The third-order valence-corrected chi connectivity index (χ3v) is 5.25. The van der Waals surface area contributed by atoms with Crippen LogP contribution in [0.25, 0.3) is 0 Å². The average Bonchev–Trinajstić information content (AvgIpc) is 2.74. The molecule has 33 heavy (non-hydrogen) atoms. The zero-order chi connectivity index (χ0) is 25.1. The van der Waals surface area contributed by atoms with Crippen LogP contribution >= 0.6 is 0 Å². The molecule has 9 heteroatoms. The van der Waals surface area contributed by atoms with E-state index in [0.717, 1.165) is 5.56 Å². The number of nitrogens with two attached hydrogens (primary N) is 1. The summed E-state index contributed by atoms with van der Waals surface area (Å²) in [7, 11) is 1.47. The summed E-state index contributed by atoms with van der Waals surface area (Å²) in [4.78, 5) is 20.5. The molecule has 3 atom stereocenters. The highest BCUT2D eigenvalue weighted by molar-refractivity contribution is 5.86. The number of hydrogen-bond donors (Lipinski definition) is 3. The highest BCUT2D eigenvalue weighted by Gasteiger charge is 2.38. The standard InChI is InChI=1S/C24H36FN5O3/c1-8-27-20(28-13-14-30-22(31)23(5,26)16-32-7)10-9-18(3)24(6,19(4)25)33-21-15-17(2)11-12-29-21/h8,11-15,18H,1,4,9-10,16,26H2,2-3,5-7H3,(H,27,28)(H,30,31)/b14-13+. The van der Waals surface area contributed by atoms with Crippen LogP contribution in [0, 0.1) is 12.8 Å². The van der Waals surface area contributed by atoms with Crippen molar-refractivity contribution in [1.29, 1.82) is 0 Å². The number of amidine groups is 1. The van der Waals surface area contributed by atoms with Gasteiger partial charge >= 0.3 is 0 Å². The molecule has 0 saturated heterocycles. The van der Waals surface area contributed by atoms with Crippen LogP contribution in [0.5, 0.6) is 5.88 Å². The molecular weight excluding hydrogens is 425 g/mol. The summed E-state index contributed by atoms with van der Waals surface area (Å²) < 4.78 is 25.3. The molecule has 0 aliphatic rings. The molecule has 1 aromatic rings. The van der Waals surface area contributed by atoms with Gasteiger partial charge in [0.05, 0.1) is 6.61 Å². The maximum Gasteiger partial charge on any atom is 0.246 e. The fraction of sp³-hybridized carbons (Fsp3) is 0.458. The lowest BCUT2D eigenvalue weighted by atomic mass is 9.85. The third-order valence-electron chi connectivity index (χ3n) is 5.25. The van der Waals surface area contributed by atoms with E-state index in [1.165, 1.54) is 25.7 Å². The number of aliphatic imine (C=N–C) groups is 1. The summed E-state index contributed by atoms with van der Waals surface area (Å²) in [6, 6.07) is 3.58. The number of rotatable bonds is 13. The van der Waals surface area contributed by atoms with E-state index in [0.29, 0.717) is 24.6 Å². The molecule has 0 aromatic carbocycles. The Kier molecular flexibility index (Phi) is 10.9. The van der Waals surface area contributed by atoms with Gasteiger partial charge in [-0.1, -0.05) is 20.1 Å². The smallest absolute Gasteiger partial charge is 0.246 e. The Morgan fingerprint density at radius 1 is 1.42 bits per heavy atom. The Balaban J connectivity index is 2.83. The van der Waals surface area contributed by atoms with Gasteiger partial charge in [0.25, 0.3) is 0 Å². The fourth-order valence-corrected chi connectivity index (χ4v) is 2.90. The normalized spacial score (nSPS) is 16.4. The number of aryl methyl sites for hydroxylation is 1. The molecule has 182 valence electrons. The monoisotopic (exact) mass is 461 g/mol. The quantitative estimate of drug-likeness (QED) is 0.306. The van der Waals surface area contributed by atoms with E-state index in [-0.39, 0.29) is 12.5 Å². The number of nitrogens with one attached hydrogen (secondary N) is 2. The highest BCUT2D eigenvalue weighted by Crippen LogP contribution is 2.34. The minimum Gasteiger partial charge on any atom is -0.464 e. The largest absolute Gasteiger partial charge is 0.464 e. The number of pyridine rings is 1. The van der Waals surface area contributed by atoms with Crippen molar-refractivity contribution in [2.45, 2.75) is 51.7 Å². The predicted molar refractivity (Wildman–Crippen MR) is 129 cm³/mol. The number of aromatic nitrogens is 1. The summed E-state index contributed by atoms with van der Waals surface area (Å²) in [5.41, 5.74) is 4.41. The Hall–Kier alpha value is -3.04.